The van der Waals surface area contributed by atoms with Gasteiger partial charge in [-0.2, -0.15) is 0 Å². The predicted octanol–water partition coefficient (Wildman–Crippen LogP) is 9.11. The van der Waals surface area contributed by atoms with E-state index in [2.05, 4.69) is 69.6 Å². The summed E-state index contributed by atoms with van der Waals surface area (Å²) >= 11 is 0. The van der Waals surface area contributed by atoms with E-state index in [1.54, 1.807) is 0 Å². The molecular weight excluding hydrogens is 776 g/mol. The van der Waals surface area contributed by atoms with Gasteiger partial charge in [0.05, 0.1) is 33.7 Å². The molecule has 0 saturated carbocycles. The van der Waals surface area contributed by atoms with E-state index in [-0.39, 0.29) is 21.1 Å². The summed E-state index contributed by atoms with van der Waals surface area (Å²) in [5, 5.41) is 4.66. The Labute approximate surface area is 288 Å². The predicted molar refractivity (Wildman–Crippen MR) is 185 cm³/mol. The van der Waals surface area contributed by atoms with Crippen molar-refractivity contribution >= 4 is 54.9 Å². The average molecular weight is 798 g/mol. The monoisotopic (exact) mass is 797 g/mol. The van der Waals surface area contributed by atoms with Crippen LogP contribution in [-0.2, 0) is 21.1 Å². The van der Waals surface area contributed by atoms with E-state index in [1.165, 1.54) is 0 Å². The summed E-state index contributed by atoms with van der Waals surface area (Å²) in [6.07, 6.45) is 7.59. The molecule has 0 N–H and O–H groups in total. The summed E-state index contributed by atoms with van der Waals surface area (Å²) in [7, 11) is 0. The second-order valence-electron chi connectivity index (χ2n) is 11.4. The number of aromatic nitrogens is 6. The van der Waals surface area contributed by atoms with Gasteiger partial charge in [-0.05, 0) is 29.1 Å². The molecule has 6 aromatic heterocycles. The van der Waals surface area contributed by atoms with Crippen molar-refractivity contribution in [3.05, 3.63) is 146 Å². The zero-order valence-corrected chi connectivity index (χ0v) is 27.4. The van der Waals surface area contributed by atoms with Gasteiger partial charge < -0.3 is 13.5 Å². The molecule has 0 spiro atoms. The molecule has 10 rings (SSSR count). The van der Waals surface area contributed by atoms with Crippen LogP contribution in [0.25, 0.3) is 77.4 Å². The molecule has 0 aliphatic heterocycles. The molecule has 7 nitrogen and oxygen atoms in total. The van der Waals surface area contributed by atoms with Crippen molar-refractivity contribution in [1.82, 2.24) is 28.7 Å². The van der Waals surface area contributed by atoms with Crippen molar-refractivity contribution in [2.75, 3.05) is 0 Å². The van der Waals surface area contributed by atoms with Gasteiger partial charge in [0.1, 0.15) is 5.65 Å². The molecule has 0 aliphatic rings. The third-order valence-corrected chi connectivity index (χ3v) is 8.70. The van der Waals surface area contributed by atoms with Crippen LogP contribution in [-0.4, -0.2) is 28.7 Å². The minimum absolute atomic E-state index is 0. The van der Waals surface area contributed by atoms with Gasteiger partial charge >= 0.3 is 21.1 Å². The summed E-state index contributed by atoms with van der Waals surface area (Å²) < 4.78 is 10.7. The largest absolute Gasteiger partial charge is 2.00 e. The van der Waals surface area contributed by atoms with Crippen molar-refractivity contribution in [1.29, 1.82) is 0 Å². The Morgan fingerprint density at radius 2 is 1.25 bits per heavy atom. The molecule has 0 amide bonds. The van der Waals surface area contributed by atoms with E-state index in [0.29, 0.717) is 11.5 Å². The fourth-order valence-corrected chi connectivity index (χ4v) is 6.59. The Morgan fingerprint density at radius 1 is 0.562 bits per heavy atom. The van der Waals surface area contributed by atoms with E-state index >= 15 is 0 Å². The normalized spacial score (nSPS) is 11.6. The average Bonchev–Trinajstić information content (AvgIpc) is 3.79. The van der Waals surface area contributed by atoms with Gasteiger partial charge in [-0.1, -0.05) is 113 Å². The summed E-state index contributed by atoms with van der Waals surface area (Å²) in [5.41, 5.74) is 8.21. The van der Waals surface area contributed by atoms with Crippen LogP contribution in [0.5, 0.6) is 11.5 Å². The van der Waals surface area contributed by atoms with Gasteiger partial charge in [-0.3, -0.25) is 15.0 Å². The number of ether oxygens (including phenoxy) is 1. The number of nitrogens with zero attached hydrogens (tertiary/aromatic N) is 6. The number of fused-ring (bicyclic) bond motifs is 12. The summed E-state index contributed by atoms with van der Waals surface area (Å²) in [6.45, 7) is 0. The van der Waals surface area contributed by atoms with Crippen LogP contribution in [0, 0.1) is 12.1 Å². The molecule has 0 fully saturated rings. The molecule has 6 heterocycles. The topological polar surface area (TPSA) is 69.6 Å². The van der Waals surface area contributed by atoms with Crippen LogP contribution in [0.15, 0.2) is 134 Å². The first-order valence-electron chi connectivity index (χ1n) is 15.3. The maximum atomic E-state index is 6.48. The van der Waals surface area contributed by atoms with E-state index in [0.717, 1.165) is 77.4 Å². The Morgan fingerprint density at radius 3 is 2.04 bits per heavy atom. The fourth-order valence-electron chi connectivity index (χ4n) is 6.59. The number of imidazole rings is 2. The van der Waals surface area contributed by atoms with E-state index in [9.17, 15) is 0 Å². The number of hydrogen-bond acceptors (Lipinski definition) is 5. The zero-order chi connectivity index (χ0) is 30.9. The molecule has 0 saturated heterocycles. The van der Waals surface area contributed by atoms with E-state index in [1.807, 2.05) is 85.3 Å². The van der Waals surface area contributed by atoms with Crippen LogP contribution in [0.3, 0.4) is 0 Å². The summed E-state index contributed by atoms with van der Waals surface area (Å²) in [4.78, 5) is 19.4. The first kappa shape index (κ1) is 28.3. The van der Waals surface area contributed by atoms with Crippen LogP contribution in [0.2, 0.25) is 0 Å². The molecule has 0 bridgehead atoms. The van der Waals surface area contributed by atoms with Crippen molar-refractivity contribution in [2.24, 2.45) is 0 Å². The number of rotatable bonds is 4. The third kappa shape index (κ3) is 4.32. The molecule has 228 valence electrons. The molecule has 48 heavy (non-hydrogen) atoms. The van der Waals surface area contributed by atoms with Crippen LogP contribution in [0.1, 0.15) is 0 Å². The van der Waals surface area contributed by atoms with Gasteiger partial charge in [-0.25, -0.2) is 4.98 Å². The second kappa shape index (κ2) is 11.1. The quantitative estimate of drug-likeness (QED) is 0.131. The van der Waals surface area contributed by atoms with Crippen molar-refractivity contribution in [3.8, 4) is 34.0 Å². The smallest absolute Gasteiger partial charge is 0.497 e. The SMILES string of the molecule is [Pt+2].[c-]1c(Oc2[c-]c3c(cc2)c2cccnc2n2c(-c4ccccc4)cnc32)ccc2c1c1nc(-c3ccccc3)cn1c1cccnc21. The Balaban J connectivity index is 0.00000314. The molecule has 0 unspecified atom stereocenters. The van der Waals surface area contributed by atoms with Crippen LogP contribution in [0.4, 0.5) is 0 Å². The summed E-state index contributed by atoms with van der Waals surface area (Å²) in [5.74, 6) is 1.12. The van der Waals surface area contributed by atoms with Gasteiger partial charge in [0, 0.05) is 41.8 Å². The molecule has 0 atom stereocenters. The number of benzene rings is 4. The first-order valence-corrected chi connectivity index (χ1v) is 15.3. The fraction of sp³-hybridized carbons (Fsp3) is 0. The molecule has 8 heteroatoms. The summed E-state index contributed by atoms with van der Waals surface area (Å²) in [6, 6.07) is 43.5. The standard InChI is InChI=1S/C40H22N6O.Pt/c1-3-9-25(10-4-1)34-24-45-35-14-8-19-41-37(35)30-18-16-28(22-33(30)40(45)44-34)47-27-15-17-29-31-13-7-20-42-38(31)46-36(26-11-5-2-6-12-26)23-43-39(46)32(29)21-27;/h1-20,23-24H;/q-2;+2. The molecule has 0 radical (unpaired) electrons. The van der Waals surface area contributed by atoms with Crippen molar-refractivity contribution < 1.29 is 25.8 Å². The Kier molecular flexibility index (Phi) is 6.56. The number of hydrogen-bond donors (Lipinski definition) is 0. The molecule has 0 aliphatic carbocycles. The van der Waals surface area contributed by atoms with Gasteiger partial charge in [0.25, 0.3) is 0 Å². The number of pyridine rings is 4. The van der Waals surface area contributed by atoms with Gasteiger partial charge in [0.2, 0.25) is 0 Å². The minimum atomic E-state index is 0. The third-order valence-electron chi connectivity index (χ3n) is 8.70. The molecular formula is C40H22N6OPt. The minimum Gasteiger partial charge on any atom is -0.497 e. The first-order chi connectivity index (χ1) is 23.3. The molecule has 4 aromatic carbocycles. The maximum absolute atomic E-state index is 6.48. The second-order valence-corrected chi connectivity index (χ2v) is 11.4. The Hall–Kier alpha value is -5.91. The van der Waals surface area contributed by atoms with E-state index in [4.69, 9.17) is 24.7 Å². The zero-order valence-electron chi connectivity index (χ0n) is 25.1. The van der Waals surface area contributed by atoms with Gasteiger partial charge in [0.15, 0.2) is 0 Å². The molecule has 10 aromatic rings. The van der Waals surface area contributed by atoms with Crippen molar-refractivity contribution in [2.45, 2.75) is 0 Å². The van der Waals surface area contributed by atoms with Gasteiger partial charge in [-0.15, -0.1) is 12.1 Å². The van der Waals surface area contributed by atoms with Crippen molar-refractivity contribution in [3.63, 3.8) is 0 Å². The van der Waals surface area contributed by atoms with E-state index < -0.39 is 0 Å². The maximum Gasteiger partial charge on any atom is 2.00 e. The van der Waals surface area contributed by atoms with Crippen LogP contribution >= 0.6 is 0 Å². The van der Waals surface area contributed by atoms with Crippen LogP contribution < -0.4 is 4.74 Å². The Bertz CT molecular complexity index is 2780.